The van der Waals surface area contributed by atoms with Crippen LogP contribution in [-0.2, 0) is 17.1 Å². The third kappa shape index (κ3) is 4.88. The lowest BCUT2D eigenvalue weighted by Crippen LogP contribution is -2.48. The highest BCUT2D eigenvalue weighted by atomic mass is 32.2. The van der Waals surface area contributed by atoms with E-state index in [0.717, 1.165) is 54.5 Å². The predicted octanol–water partition coefficient (Wildman–Crippen LogP) is 2.98. The Morgan fingerprint density at radius 3 is 2.72 bits per heavy atom. The summed E-state index contributed by atoms with van der Waals surface area (Å²) in [5, 5.41) is 12.0. The number of carbonyl (C=O) groups is 1. The Morgan fingerprint density at radius 2 is 2.03 bits per heavy atom. The van der Waals surface area contributed by atoms with Crippen LogP contribution in [0.5, 0.6) is 0 Å². The van der Waals surface area contributed by atoms with Gasteiger partial charge < -0.3 is 13.9 Å². The zero-order valence-electron chi connectivity index (χ0n) is 16.5. The monoisotopic (exact) mass is 433 g/mol. The van der Waals surface area contributed by atoms with Gasteiger partial charge in [0.05, 0.1) is 18.0 Å². The van der Waals surface area contributed by atoms with Gasteiger partial charge in [-0.15, -0.1) is 11.8 Å². The number of piperazine rings is 1. The minimum absolute atomic E-state index is 0.180. The van der Waals surface area contributed by atoms with Gasteiger partial charge in [-0.3, -0.25) is 9.69 Å². The van der Waals surface area contributed by atoms with Crippen LogP contribution in [0.4, 0.5) is 0 Å². The number of rotatable bonds is 7. The lowest BCUT2D eigenvalue weighted by atomic mass is 10.2. The summed E-state index contributed by atoms with van der Waals surface area (Å²) >= 11 is 3.22. The quantitative estimate of drug-likeness (QED) is 0.562. The first-order chi connectivity index (χ1) is 14.1. The molecule has 3 aromatic heterocycles. The van der Waals surface area contributed by atoms with Gasteiger partial charge in [0.1, 0.15) is 5.76 Å². The molecule has 0 N–H and O–H groups in total. The van der Waals surface area contributed by atoms with Crippen molar-refractivity contribution in [3.05, 3.63) is 39.7 Å². The Labute approximate surface area is 177 Å². The van der Waals surface area contributed by atoms with Gasteiger partial charge in [-0.1, -0.05) is 10.3 Å². The molecule has 10 heteroatoms. The Balaban J connectivity index is 1.20. The summed E-state index contributed by atoms with van der Waals surface area (Å²) in [6, 6.07) is 1.98. The number of nitrogens with zero attached hydrogens (tertiary/aromatic N) is 5. The van der Waals surface area contributed by atoms with E-state index in [1.165, 1.54) is 0 Å². The van der Waals surface area contributed by atoms with Gasteiger partial charge in [-0.25, -0.2) is 0 Å². The third-order valence-corrected chi connectivity index (χ3v) is 6.61. The smallest absolute Gasteiger partial charge is 0.241 e. The summed E-state index contributed by atoms with van der Waals surface area (Å²) in [5.41, 5.74) is 2.97. The number of hydrogen-bond donors (Lipinski definition) is 0. The molecule has 1 fully saturated rings. The molecule has 4 rings (SSSR count). The minimum atomic E-state index is 0.180. The summed E-state index contributed by atoms with van der Waals surface area (Å²) in [6.45, 7) is 7.49. The van der Waals surface area contributed by atoms with Crippen LogP contribution in [0.25, 0.3) is 11.4 Å². The Kier molecular flexibility index (Phi) is 6.31. The van der Waals surface area contributed by atoms with Crippen molar-refractivity contribution in [1.29, 1.82) is 0 Å². The SMILES string of the molecule is Cc1noc(C)c1CSCC(=O)N1CCN(Cc2nc(-c3ccsc3)no2)CC1. The van der Waals surface area contributed by atoms with E-state index in [-0.39, 0.29) is 5.91 Å². The topological polar surface area (TPSA) is 88.5 Å². The van der Waals surface area contributed by atoms with Crippen LogP contribution in [0, 0.1) is 13.8 Å². The molecule has 0 atom stereocenters. The average Bonchev–Trinajstić information content (AvgIpc) is 3.46. The number of thiophene rings is 1. The van der Waals surface area contributed by atoms with Crippen LogP contribution < -0.4 is 0 Å². The minimum Gasteiger partial charge on any atom is -0.361 e. The second kappa shape index (κ2) is 9.10. The molecule has 0 aliphatic carbocycles. The highest BCUT2D eigenvalue weighted by Crippen LogP contribution is 2.21. The maximum atomic E-state index is 12.5. The first-order valence-corrected chi connectivity index (χ1v) is 11.5. The Morgan fingerprint density at radius 1 is 1.21 bits per heavy atom. The zero-order chi connectivity index (χ0) is 20.2. The van der Waals surface area contributed by atoms with Gasteiger partial charge in [0.15, 0.2) is 0 Å². The Bertz CT molecular complexity index is 926. The van der Waals surface area contributed by atoms with Crippen molar-refractivity contribution in [1.82, 2.24) is 25.1 Å². The standard InChI is InChI=1S/C19H23N5O3S2/c1-13-16(14(2)26-21-13)11-29-12-18(25)24-6-4-23(5-7-24)9-17-20-19(22-27-17)15-3-8-28-10-15/h3,8,10H,4-7,9,11-12H2,1-2H3. The number of hydrogen-bond acceptors (Lipinski definition) is 9. The molecule has 1 saturated heterocycles. The lowest BCUT2D eigenvalue weighted by molar-refractivity contribution is -0.130. The maximum absolute atomic E-state index is 12.5. The fourth-order valence-electron chi connectivity index (χ4n) is 3.21. The van der Waals surface area contributed by atoms with Gasteiger partial charge in [-0.2, -0.15) is 16.3 Å². The van der Waals surface area contributed by atoms with Crippen LogP contribution >= 0.6 is 23.1 Å². The summed E-state index contributed by atoms with van der Waals surface area (Å²) < 4.78 is 10.5. The van der Waals surface area contributed by atoms with E-state index in [0.29, 0.717) is 24.0 Å². The first kappa shape index (κ1) is 20.1. The zero-order valence-corrected chi connectivity index (χ0v) is 18.1. The van der Waals surface area contributed by atoms with Gasteiger partial charge in [0.2, 0.25) is 17.6 Å². The fourth-order valence-corrected chi connectivity index (χ4v) is 4.92. The van der Waals surface area contributed by atoms with Crippen LogP contribution in [0.1, 0.15) is 22.9 Å². The van der Waals surface area contributed by atoms with E-state index in [2.05, 4.69) is 20.2 Å². The van der Waals surface area contributed by atoms with Gasteiger partial charge in [0, 0.05) is 48.4 Å². The fraction of sp³-hybridized carbons (Fsp3) is 0.474. The van der Waals surface area contributed by atoms with Crippen molar-refractivity contribution in [3.8, 4) is 11.4 Å². The number of thioether (sulfide) groups is 1. The molecule has 1 aliphatic rings. The summed E-state index contributed by atoms with van der Waals surface area (Å²) in [4.78, 5) is 21.1. The average molecular weight is 434 g/mol. The first-order valence-electron chi connectivity index (χ1n) is 9.45. The highest BCUT2D eigenvalue weighted by molar-refractivity contribution is 7.99. The number of carbonyl (C=O) groups excluding carboxylic acids is 1. The third-order valence-electron chi connectivity index (χ3n) is 4.98. The highest BCUT2D eigenvalue weighted by Gasteiger charge is 2.23. The second-order valence-corrected chi connectivity index (χ2v) is 8.74. The molecule has 0 saturated carbocycles. The molecule has 8 nitrogen and oxygen atoms in total. The molecule has 0 aromatic carbocycles. The van der Waals surface area contributed by atoms with Gasteiger partial charge >= 0.3 is 0 Å². The lowest BCUT2D eigenvalue weighted by Gasteiger charge is -2.33. The molecular formula is C19H23N5O3S2. The van der Waals surface area contributed by atoms with Crippen LogP contribution in [0.3, 0.4) is 0 Å². The van der Waals surface area contributed by atoms with Crippen molar-refractivity contribution in [3.63, 3.8) is 0 Å². The largest absolute Gasteiger partial charge is 0.361 e. The molecule has 29 heavy (non-hydrogen) atoms. The van der Waals surface area contributed by atoms with Crippen molar-refractivity contribution in [2.75, 3.05) is 31.9 Å². The van der Waals surface area contributed by atoms with E-state index in [9.17, 15) is 4.79 Å². The number of aromatic nitrogens is 3. The summed E-state index contributed by atoms with van der Waals surface area (Å²) in [7, 11) is 0. The molecule has 0 spiro atoms. The summed E-state index contributed by atoms with van der Waals surface area (Å²) in [6.07, 6.45) is 0. The maximum Gasteiger partial charge on any atom is 0.241 e. The van der Waals surface area contributed by atoms with E-state index >= 15 is 0 Å². The summed E-state index contributed by atoms with van der Waals surface area (Å²) in [5.74, 6) is 3.47. The molecule has 1 aliphatic heterocycles. The predicted molar refractivity (Wildman–Crippen MR) is 112 cm³/mol. The number of aryl methyl sites for hydroxylation is 2. The van der Waals surface area contributed by atoms with Crippen LogP contribution in [0.2, 0.25) is 0 Å². The molecule has 0 unspecified atom stereocenters. The Hall–Kier alpha value is -2.17. The molecule has 1 amide bonds. The molecule has 3 aromatic rings. The normalized spacial score (nSPS) is 15.2. The molecular weight excluding hydrogens is 410 g/mol. The van der Waals surface area contributed by atoms with Crippen LogP contribution in [-0.4, -0.2) is 62.9 Å². The molecule has 154 valence electrons. The van der Waals surface area contributed by atoms with Crippen molar-refractivity contribution in [2.24, 2.45) is 0 Å². The van der Waals surface area contributed by atoms with Crippen molar-refractivity contribution in [2.45, 2.75) is 26.1 Å². The second-order valence-electron chi connectivity index (χ2n) is 6.98. The van der Waals surface area contributed by atoms with E-state index in [4.69, 9.17) is 9.05 Å². The van der Waals surface area contributed by atoms with Gasteiger partial charge in [-0.05, 0) is 25.3 Å². The molecule has 0 radical (unpaired) electrons. The van der Waals surface area contributed by atoms with Gasteiger partial charge in [0.25, 0.3) is 0 Å². The van der Waals surface area contributed by atoms with E-state index in [1.54, 1.807) is 23.1 Å². The molecule has 0 bridgehead atoms. The van der Waals surface area contributed by atoms with E-state index in [1.807, 2.05) is 35.6 Å². The van der Waals surface area contributed by atoms with Crippen LogP contribution in [0.15, 0.2) is 25.9 Å². The van der Waals surface area contributed by atoms with Crippen molar-refractivity contribution >= 4 is 29.0 Å². The van der Waals surface area contributed by atoms with Crippen molar-refractivity contribution < 1.29 is 13.8 Å². The van der Waals surface area contributed by atoms with E-state index < -0.39 is 0 Å². The molecule has 4 heterocycles. The number of amides is 1.